The zero-order chi connectivity index (χ0) is 21.2. The second-order valence-corrected chi connectivity index (χ2v) is 9.60. The number of benzene rings is 1. The third-order valence-electron chi connectivity index (χ3n) is 5.51. The largest absolute Gasteiger partial charge is 0.341 e. The molecule has 0 spiro atoms. The highest BCUT2D eigenvalue weighted by molar-refractivity contribution is 7.99. The zero-order valence-electron chi connectivity index (χ0n) is 17.1. The molecule has 0 radical (unpaired) electrons. The molecule has 1 fully saturated rings. The maximum Gasteiger partial charge on any atom is 0.233 e. The Hall–Kier alpha value is -2.78. The fourth-order valence-corrected chi connectivity index (χ4v) is 5.78. The molecule has 4 heterocycles. The first-order chi connectivity index (χ1) is 15.2. The predicted molar refractivity (Wildman–Crippen MR) is 123 cm³/mol. The van der Waals surface area contributed by atoms with Crippen LogP contribution < -0.4 is 0 Å². The molecule has 1 amide bonds. The summed E-state index contributed by atoms with van der Waals surface area (Å²) in [6.45, 7) is 1.54. The Morgan fingerprint density at radius 2 is 2.13 bits per heavy atom. The van der Waals surface area contributed by atoms with Gasteiger partial charge in [0.2, 0.25) is 5.91 Å². The van der Waals surface area contributed by atoms with Crippen molar-refractivity contribution in [3.05, 3.63) is 53.8 Å². The van der Waals surface area contributed by atoms with E-state index in [2.05, 4.69) is 27.3 Å². The smallest absolute Gasteiger partial charge is 0.233 e. The van der Waals surface area contributed by atoms with E-state index in [4.69, 9.17) is 4.98 Å². The van der Waals surface area contributed by atoms with Gasteiger partial charge in [0.1, 0.15) is 0 Å². The molecule has 1 aromatic carbocycles. The fraction of sp³-hybridized carbons (Fsp3) is 0.318. The van der Waals surface area contributed by atoms with E-state index in [1.165, 1.54) is 16.5 Å². The normalized spacial score (nSPS) is 16.7. The first-order valence-corrected chi connectivity index (χ1v) is 12.0. The molecule has 3 aromatic heterocycles. The summed E-state index contributed by atoms with van der Waals surface area (Å²) in [7, 11) is 1.92. The summed E-state index contributed by atoms with van der Waals surface area (Å²) in [5.41, 5.74) is 1.96. The van der Waals surface area contributed by atoms with Gasteiger partial charge < -0.3 is 9.47 Å². The summed E-state index contributed by atoms with van der Waals surface area (Å²) in [4.78, 5) is 23.9. The first-order valence-electron chi connectivity index (χ1n) is 10.2. The highest BCUT2D eigenvalue weighted by atomic mass is 32.2. The number of nitrogens with zero attached hydrogens (tertiary/aromatic N) is 6. The van der Waals surface area contributed by atoms with Gasteiger partial charge in [-0.25, -0.2) is 4.98 Å². The van der Waals surface area contributed by atoms with E-state index in [1.807, 2.05) is 40.8 Å². The van der Waals surface area contributed by atoms with Crippen molar-refractivity contribution in [2.75, 3.05) is 18.8 Å². The zero-order valence-corrected chi connectivity index (χ0v) is 18.8. The van der Waals surface area contributed by atoms with Gasteiger partial charge in [0.15, 0.2) is 11.0 Å². The Bertz CT molecular complexity index is 1170. The minimum atomic E-state index is 0.140. The number of fused-ring (bicyclic) bond motifs is 1. The molecule has 1 aliphatic heterocycles. The number of thiazole rings is 1. The first kappa shape index (κ1) is 20.1. The maximum absolute atomic E-state index is 12.9. The minimum absolute atomic E-state index is 0.140. The number of likely N-dealkylation sites (tertiary alicyclic amines) is 1. The molecule has 0 bridgehead atoms. The van der Waals surface area contributed by atoms with Crippen molar-refractivity contribution in [1.29, 1.82) is 0 Å². The van der Waals surface area contributed by atoms with Crippen molar-refractivity contribution >= 4 is 39.2 Å². The number of pyridine rings is 1. The lowest BCUT2D eigenvalue weighted by Gasteiger charge is -2.31. The average Bonchev–Trinajstić information content (AvgIpc) is 3.41. The molecule has 9 heteroatoms. The molecule has 0 aliphatic carbocycles. The SMILES string of the molecule is Cn1c(SCC(=O)N2CCCC(c3nc4ccccc4s3)C2)nnc1-c1cccnc1. The number of thioether (sulfide) groups is 1. The van der Waals surface area contributed by atoms with E-state index in [0.717, 1.165) is 53.0 Å². The van der Waals surface area contributed by atoms with Crippen LogP contribution in [0.3, 0.4) is 0 Å². The fourth-order valence-electron chi connectivity index (χ4n) is 3.87. The van der Waals surface area contributed by atoms with Crippen molar-refractivity contribution in [3.63, 3.8) is 0 Å². The Morgan fingerprint density at radius 1 is 1.23 bits per heavy atom. The molecule has 1 saturated heterocycles. The van der Waals surface area contributed by atoms with Crippen molar-refractivity contribution in [2.24, 2.45) is 7.05 Å². The van der Waals surface area contributed by atoms with Crippen molar-refractivity contribution < 1.29 is 4.79 Å². The lowest BCUT2D eigenvalue weighted by molar-refractivity contribution is -0.129. The van der Waals surface area contributed by atoms with E-state index in [1.54, 1.807) is 23.7 Å². The van der Waals surface area contributed by atoms with Crippen molar-refractivity contribution in [1.82, 2.24) is 29.6 Å². The van der Waals surface area contributed by atoms with E-state index in [-0.39, 0.29) is 5.91 Å². The molecule has 5 rings (SSSR count). The van der Waals surface area contributed by atoms with Gasteiger partial charge in [0.05, 0.1) is 21.0 Å². The standard InChI is InChI=1S/C22H22N6OS2/c1-27-20(15-6-4-10-23-12-15)25-26-22(27)30-14-19(29)28-11-5-7-16(13-28)21-24-17-8-2-3-9-18(17)31-21/h2-4,6,8-10,12,16H,5,7,11,13-14H2,1H3. The number of aromatic nitrogens is 5. The molecule has 1 aliphatic rings. The third kappa shape index (κ3) is 4.20. The van der Waals surface area contributed by atoms with Gasteiger partial charge in [0.25, 0.3) is 0 Å². The van der Waals surface area contributed by atoms with Crippen molar-refractivity contribution in [3.8, 4) is 11.4 Å². The average molecular weight is 451 g/mol. The van der Waals surface area contributed by atoms with Crippen molar-refractivity contribution in [2.45, 2.75) is 23.9 Å². The van der Waals surface area contributed by atoms with Crippen LogP contribution in [0.5, 0.6) is 0 Å². The Balaban J connectivity index is 1.23. The molecular weight excluding hydrogens is 428 g/mol. The second-order valence-electron chi connectivity index (χ2n) is 7.59. The Morgan fingerprint density at radius 3 is 2.97 bits per heavy atom. The number of carbonyl (C=O) groups excluding carboxylic acids is 1. The number of carbonyl (C=O) groups is 1. The summed E-state index contributed by atoms with van der Waals surface area (Å²) in [6.07, 6.45) is 5.58. The summed E-state index contributed by atoms with van der Waals surface area (Å²) in [5, 5.41) is 10.4. The summed E-state index contributed by atoms with van der Waals surface area (Å²) in [5.74, 6) is 1.55. The van der Waals surface area contributed by atoms with E-state index >= 15 is 0 Å². The lowest BCUT2D eigenvalue weighted by atomic mass is 9.99. The molecule has 1 unspecified atom stereocenters. The molecule has 31 heavy (non-hydrogen) atoms. The Kier molecular flexibility index (Phi) is 5.69. The van der Waals surface area contributed by atoms with Gasteiger partial charge >= 0.3 is 0 Å². The van der Waals surface area contributed by atoms with E-state index in [0.29, 0.717) is 11.7 Å². The highest BCUT2D eigenvalue weighted by Gasteiger charge is 2.27. The van der Waals surface area contributed by atoms with Gasteiger partial charge in [0, 0.05) is 44.0 Å². The van der Waals surface area contributed by atoms with Gasteiger partial charge in [-0.1, -0.05) is 23.9 Å². The van der Waals surface area contributed by atoms with Crippen LogP contribution in [0.15, 0.2) is 53.9 Å². The maximum atomic E-state index is 12.9. The van der Waals surface area contributed by atoms with Gasteiger partial charge in [-0.3, -0.25) is 9.78 Å². The molecule has 158 valence electrons. The van der Waals surface area contributed by atoms with Gasteiger partial charge in [-0.15, -0.1) is 21.5 Å². The van der Waals surface area contributed by atoms with Crippen LogP contribution in [0.25, 0.3) is 21.6 Å². The number of hydrogen-bond acceptors (Lipinski definition) is 7. The van der Waals surface area contributed by atoms with Crippen LogP contribution in [-0.2, 0) is 11.8 Å². The predicted octanol–water partition coefficient (Wildman–Crippen LogP) is 3.99. The molecule has 4 aromatic rings. The topological polar surface area (TPSA) is 76.8 Å². The van der Waals surface area contributed by atoms with E-state index < -0.39 is 0 Å². The third-order valence-corrected chi connectivity index (χ3v) is 7.72. The molecule has 1 atom stereocenters. The quantitative estimate of drug-likeness (QED) is 0.428. The number of amides is 1. The minimum Gasteiger partial charge on any atom is -0.341 e. The van der Waals surface area contributed by atoms with Gasteiger partial charge in [-0.05, 0) is 37.1 Å². The lowest BCUT2D eigenvalue weighted by Crippen LogP contribution is -2.40. The summed E-state index contributed by atoms with van der Waals surface area (Å²) in [6, 6.07) is 12.1. The second kappa shape index (κ2) is 8.76. The molecule has 0 saturated carbocycles. The molecular formula is C22H22N6OS2. The van der Waals surface area contributed by atoms with Crippen LogP contribution in [0, 0.1) is 0 Å². The van der Waals surface area contributed by atoms with Crippen LogP contribution in [0.2, 0.25) is 0 Å². The summed E-state index contributed by atoms with van der Waals surface area (Å²) < 4.78 is 3.12. The van der Waals surface area contributed by atoms with Crippen LogP contribution in [-0.4, -0.2) is 54.4 Å². The highest BCUT2D eigenvalue weighted by Crippen LogP contribution is 2.33. The number of rotatable bonds is 5. The van der Waals surface area contributed by atoms with Gasteiger partial charge in [-0.2, -0.15) is 0 Å². The van der Waals surface area contributed by atoms with E-state index in [9.17, 15) is 4.79 Å². The van der Waals surface area contributed by atoms with Crippen LogP contribution in [0.1, 0.15) is 23.8 Å². The number of piperidine rings is 1. The van der Waals surface area contributed by atoms with Crippen LogP contribution >= 0.6 is 23.1 Å². The number of para-hydroxylation sites is 1. The van der Waals surface area contributed by atoms with Crippen LogP contribution in [0.4, 0.5) is 0 Å². The number of hydrogen-bond donors (Lipinski definition) is 0. The summed E-state index contributed by atoms with van der Waals surface area (Å²) >= 11 is 3.18. The molecule has 7 nitrogen and oxygen atoms in total. The molecule has 0 N–H and O–H groups in total. The monoisotopic (exact) mass is 450 g/mol. The Labute approximate surface area is 188 Å².